The van der Waals surface area contributed by atoms with Crippen molar-refractivity contribution < 1.29 is 0 Å². The minimum absolute atomic E-state index is 0.450. The molecule has 3 aliphatic carbocycles. The van der Waals surface area contributed by atoms with E-state index in [1.165, 1.54) is 18.5 Å². The van der Waals surface area contributed by atoms with Gasteiger partial charge in [0.25, 0.3) is 0 Å². The van der Waals surface area contributed by atoms with Crippen molar-refractivity contribution in [1.29, 1.82) is 0 Å². The average molecular weight is 251 g/mol. The monoisotopic (exact) mass is 251 g/mol. The Morgan fingerprint density at radius 2 is 1.95 bits per heavy atom. The molecule has 0 aromatic heterocycles. The fourth-order valence-electron chi connectivity index (χ4n) is 4.99. The van der Waals surface area contributed by atoms with Crippen LogP contribution in [-0.4, -0.2) is 12.1 Å². The lowest BCUT2D eigenvalue weighted by Gasteiger charge is -2.35. The summed E-state index contributed by atoms with van der Waals surface area (Å²) >= 11 is 0. The normalized spacial score (nSPS) is 44.9. The quantitative estimate of drug-likeness (QED) is 0.702. The van der Waals surface area contributed by atoms with E-state index >= 15 is 0 Å². The van der Waals surface area contributed by atoms with E-state index in [-0.39, 0.29) is 0 Å². The summed E-state index contributed by atoms with van der Waals surface area (Å²) in [6.45, 7) is 0. The van der Waals surface area contributed by atoms with Gasteiger partial charge in [0.05, 0.1) is 17.8 Å². The number of nitrogens with zero attached hydrogens (tertiary/aromatic N) is 3. The summed E-state index contributed by atoms with van der Waals surface area (Å²) in [6.07, 6.45) is 7.49. The Morgan fingerprint density at radius 1 is 1.05 bits per heavy atom. The molecule has 3 nitrogen and oxygen atoms in total. The molecule has 2 fully saturated rings. The van der Waals surface area contributed by atoms with Crippen molar-refractivity contribution in [3.8, 4) is 0 Å². The van der Waals surface area contributed by atoms with Crippen LogP contribution in [0.4, 0.5) is 5.69 Å². The maximum Gasteiger partial charge on any atom is 0.0988 e. The molecule has 4 aliphatic rings. The zero-order valence-electron chi connectivity index (χ0n) is 10.8. The smallest absolute Gasteiger partial charge is 0.0988 e. The average Bonchev–Trinajstić information content (AvgIpc) is 3.17. The molecule has 19 heavy (non-hydrogen) atoms. The molecular formula is C16H17N3. The third kappa shape index (κ3) is 1.18. The molecule has 0 unspecified atom stereocenters. The first-order valence-corrected chi connectivity index (χ1v) is 7.35. The van der Waals surface area contributed by atoms with Crippen LogP contribution in [0, 0.1) is 23.7 Å². The van der Waals surface area contributed by atoms with Crippen LogP contribution >= 0.6 is 0 Å². The number of hydrogen-bond acceptors (Lipinski definition) is 3. The van der Waals surface area contributed by atoms with Crippen LogP contribution in [0.2, 0.25) is 0 Å². The number of allylic oxidation sites excluding steroid dienone is 2. The van der Waals surface area contributed by atoms with E-state index < -0.39 is 0 Å². The van der Waals surface area contributed by atoms with E-state index in [1.54, 1.807) is 0 Å². The van der Waals surface area contributed by atoms with Crippen LogP contribution in [0.3, 0.4) is 0 Å². The molecule has 96 valence electrons. The number of rotatable bonds is 1. The van der Waals surface area contributed by atoms with Gasteiger partial charge in [0, 0.05) is 0 Å². The van der Waals surface area contributed by atoms with Crippen LogP contribution in [0.15, 0.2) is 52.8 Å². The summed E-state index contributed by atoms with van der Waals surface area (Å²) in [6, 6.07) is 11.5. The van der Waals surface area contributed by atoms with Gasteiger partial charge in [-0.05, 0) is 48.6 Å². The Hall–Kier alpha value is -1.64. The Bertz CT molecular complexity index is 565. The number of para-hydroxylation sites is 1. The van der Waals surface area contributed by atoms with E-state index in [2.05, 4.69) is 57.8 Å². The summed E-state index contributed by atoms with van der Waals surface area (Å²) in [5.41, 5.74) is 1.20. The summed E-state index contributed by atoms with van der Waals surface area (Å²) in [7, 11) is 0. The molecule has 1 aromatic rings. The lowest BCUT2D eigenvalue weighted by Crippen LogP contribution is -2.44. The first-order valence-electron chi connectivity index (χ1n) is 7.35. The third-order valence-electron chi connectivity index (χ3n) is 5.66. The molecule has 5 rings (SSSR count). The predicted molar refractivity (Wildman–Crippen MR) is 73.7 cm³/mol. The van der Waals surface area contributed by atoms with Crippen LogP contribution in [0.5, 0.6) is 0 Å². The minimum Gasteiger partial charge on any atom is -0.242 e. The molecule has 1 heterocycles. The van der Waals surface area contributed by atoms with Crippen molar-refractivity contribution in [2.45, 2.75) is 24.9 Å². The van der Waals surface area contributed by atoms with Gasteiger partial charge in [-0.25, -0.2) is 5.01 Å². The van der Waals surface area contributed by atoms with Crippen molar-refractivity contribution in [2.24, 2.45) is 34.0 Å². The number of anilines is 1. The first kappa shape index (κ1) is 10.2. The fourth-order valence-corrected chi connectivity index (χ4v) is 4.99. The standard InChI is InChI=1S/C16H17N3/c1-2-5-10(6-3-1)19-16-14-9-13(15(16)17-18-19)11-7-4-8-12(11)14/h1-6,8,11-16H,7,9H2/t11-,12+,13+,14+,15+,16-/m0/s1. The van der Waals surface area contributed by atoms with Gasteiger partial charge in [-0.1, -0.05) is 35.6 Å². The predicted octanol–water partition coefficient (Wildman–Crippen LogP) is 3.45. The summed E-state index contributed by atoms with van der Waals surface area (Å²) < 4.78 is 0. The van der Waals surface area contributed by atoms with E-state index in [0.717, 1.165) is 23.7 Å². The molecule has 2 saturated carbocycles. The van der Waals surface area contributed by atoms with Gasteiger partial charge in [0.2, 0.25) is 0 Å². The second-order valence-electron chi connectivity index (χ2n) is 6.33. The third-order valence-corrected chi connectivity index (χ3v) is 5.66. The zero-order valence-corrected chi connectivity index (χ0v) is 10.8. The molecular weight excluding hydrogens is 234 g/mol. The SMILES string of the molecule is C1=C[C@H]2[C@H]3C[C@H]([C@H]2C1)[C@H]1N=NN(c2ccccc2)[C@@H]31. The summed E-state index contributed by atoms with van der Waals surface area (Å²) in [5, 5.41) is 11.3. The molecule has 3 heteroatoms. The molecule has 0 saturated heterocycles. The number of benzene rings is 1. The highest BCUT2D eigenvalue weighted by atomic mass is 15.6. The molecule has 6 atom stereocenters. The van der Waals surface area contributed by atoms with E-state index in [0.29, 0.717) is 12.1 Å². The molecule has 0 amide bonds. The highest BCUT2D eigenvalue weighted by Gasteiger charge is 2.61. The van der Waals surface area contributed by atoms with Crippen molar-refractivity contribution in [1.82, 2.24) is 0 Å². The Kier molecular flexibility index (Phi) is 1.86. The lowest BCUT2D eigenvalue weighted by atomic mass is 9.76. The van der Waals surface area contributed by atoms with Crippen LogP contribution in [0.1, 0.15) is 12.8 Å². The van der Waals surface area contributed by atoms with Gasteiger partial charge in [-0.2, -0.15) is 5.11 Å². The molecule has 1 aliphatic heterocycles. The van der Waals surface area contributed by atoms with Gasteiger partial charge in [-0.3, -0.25) is 0 Å². The summed E-state index contributed by atoms with van der Waals surface area (Å²) in [5.74, 6) is 3.18. The Balaban J connectivity index is 1.53. The van der Waals surface area contributed by atoms with Crippen molar-refractivity contribution >= 4 is 5.69 Å². The molecule has 2 bridgehead atoms. The Labute approximate surface area is 113 Å². The van der Waals surface area contributed by atoms with E-state index in [1.807, 2.05) is 0 Å². The first-order chi connectivity index (χ1) is 9.43. The van der Waals surface area contributed by atoms with Gasteiger partial charge in [0.15, 0.2) is 0 Å². The minimum atomic E-state index is 0.450. The molecule has 1 aromatic carbocycles. The van der Waals surface area contributed by atoms with Crippen LogP contribution in [0.25, 0.3) is 0 Å². The second kappa shape index (κ2) is 3.47. The number of fused-ring (bicyclic) bond motifs is 8. The highest BCUT2D eigenvalue weighted by Crippen LogP contribution is 2.60. The second-order valence-corrected chi connectivity index (χ2v) is 6.33. The summed E-state index contributed by atoms with van der Waals surface area (Å²) in [4.78, 5) is 0. The molecule has 0 spiro atoms. The number of hydrogen-bond donors (Lipinski definition) is 0. The van der Waals surface area contributed by atoms with Crippen molar-refractivity contribution in [2.75, 3.05) is 5.01 Å². The van der Waals surface area contributed by atoms with Gasteiger partial charge < -0.3 is 0 Å². The molecule has 0 radical (unpaired) electrons. The van der Waals surface area contributed by atoms with E-state index in [4.69, 9.17) is 0 Å². The van der Waals surface area contributed by atoms with Crippen molar-refractivity contribution in [3.05, 3.63) is 42.5 Å². The topological polar surface area (TPSA) is 28.0 Å². The van der Waals surface area contributed by atoms with Crippen LogP contribution < -0.4 is 5.01 Å². The van der Waals surface area contributed by atoms with Gasteiger partial charge in [0.1, 0.15) is 0 Å². The van der Waals surface area contributed by atoms with Gasteiger partial charge >= 0.3 is 0 Å². The fraction of sp³-hybridized carbons (Fsp3) is 0.500. The Morgan fingerprint density at radius 3 is 2.84 bits per heavy atom. The van der Waals surface area contributed by atoms with Crippen LogP contribution in [-0.2, 0) is 0 Å². The maximum atomic E-state index is 4.62. The van der Waals surface area contributed by atoms with Gasteiger partial charge in [-0.15, -0.1) is 0 Å². The van der Waals surface area contributed by atoms with Crippen molar-refractivity contribution in [3.63, 3.8) is 0 Å². The highest BCUT2D eigenvalue weighted by molar-refractivity contribution is 5.48. The van der Waals surface area contributed by atoms with E-state index in [9.17, 15) is 0 Å². The lowest BCUT2D eigenvalue weighted by molar-refractivity contribution is 0.238. The maximum absolute atomic E-state index is 4.62. The molecule has 0 N–H and O–H groups in total. The zero-order chi connectivity index (χ0) is 12.4. The largest absolute Gasteiger partial charge is 0.242 e.